The Bertz CT molecular complexity index is 902. The fourth-order valence-electron chi connectivity index (χ4n) is 7.43. The van der Waals surface area contributed by atoms with E-state index in [-0.39, 0.29) is 10.8 Å². The fourth-order valence-corrected chi connectivity index (χ4v) is 8.45. The average molecular weight is 530 g/mol. The predicted octanol–water partition coefficient (Wildman–Crippen LogP) is 9.83. The Labute approximate surface area is 228 Å². The van der Waals surface area contributed by atoms with Crippen LogP contribution in [0, 0.1) is 10.8 Å². The molecular formula is C32H42Cl2O2. The molecule has 2 aromatic carbocycles. The zero-order valence-corrected chi connectivity index (χ0v) is 23.6. The third-order valence-electron chi connectivity index (χ3n) is 9.54. The molecule has 0 heterocycles. The normalized spacial score (nSPS) is 31.2. The Balaban J connectivity index is 1.16. The van der Waals surface area contributed by atoms with Gasteiger partial charge in [-0.05, 0) is 118 Å². The highest BCUT2D eigenvalue weighted by atomic mass is 35.5. The average Bonchev–Trinajstić information content (AvgIpc) is 2.92. The summed E-state index contributed by atoms with van der Waals surface area (Å²) in [5, 5.41) is 0. The SMILES string of the molecule is CCCOc1ccc(C2CCC3(CC2)CC2(CCC(c4ccc(OCCC)cc4)CC2)C3(Cl)Cl)cc1. The summed E-state index contributed by atoms with van der Waals surface area (Å²) in [5.74, 6) is 3.17. The number of halogens is 2. The van der Waals surface area contributed by atoms with Gasteiger partial charge in [0.15, 0.2) is 0 Å². The van der Waals surface area contributed by atoms with Gasteiger partial charge in [0.2, 0.25) is 0 Å². The van der Waals surface area contributed by atoms with Gasteiger partial charge < -0.3 is 9.47 Å². The quantitative estimate of drug-likeness (QED) is 0.317. The maximum absolute atomic E-state index is 7.33. The summed E-state index contributed by atoms with van der Waals surface area (Å²) in [6, 6.07) is 17.6. The molecule has 0 bridgehead atoms. The zero-order valence-electron chi connectivity index (χ0n) is 22.0. The summed E-state index contributed by atoms with van der Waals surface area (Å²) < 4.78 is 10.9. The highest BCUT2D eigenvalue weighted by Crippen LogP contribution is 2.77. The van der Waals surface area contributed by atoms with Crippen LogP contribution in [-0.2, 0) is 0 Å². The van der Waals surface area contributed by atoms with Crippen LogP contribution in [0.2, 0.25) is 0 Å². The van der Waals surface area contributed by atoms with Gasteiger partial charge in [0.1, 0.15) is 15.8 Å². The van der Waals surface area contributed by atoms with E-state index in [2.05, 4.69) is 62.4 Å². The van der Waals surface area contributed by atoms with Crippen molar-refractivity contribution in [1.82, 2.24) is 0 Å². The van der Waals surface area contributed by atoms with E-state index < -0.39 is 4.33 Å². The molecule has 3 aliphatic carbocycles. The molecule has 2 spiro atoms. The van der Waals surface area contributed by atoms with E-state index in [1.54, 1.807) is 0 Å². The Morgan fingerprint density at radius 1 is 0.639 bits per heavy atom. The minimum absolute atomic E-state index is 0.0991. The van der Waals surface area contributed by atoms with Gasteiger partial charge in [0, 0.05) is 10.8 Å². The number of alkyl halides is 2. The first-order valence-electron chi connectivity index (χ1n) is 14.3. The third-order valence-corrected chi connectivity index (χ3v) is 11.1. The lowest BCUT2D eigenvalue weighted by atomic mass is 9.43. The molecule has 0 aromatic heterocycles. The Kier molecular flexibility index (Phi) is 7.85. The molecule has 196 valence electrons. The van der Waals surface area contributed by atoms with Gasteiger partial charge in [-0.25, -0.2) is 0 Å². The van der Waals surface area contributed by atoms with Crippen molar-refractivity contribution in [3.8, 4) is 11.5 Å². The lowest BCUT2D eigenvalue weighted by molar-refractivity contribution is -0.107. The van der Waals surface area contributed by atoms with E-state index >= 15 is 0 Å². The second kappa shape index (κ2) is 10.8. The standard InChI is InChI=1S/C32H42Cl2O2/c1-3-21-35-28-9-5-24(6-10-28)26-13-17-30(18-14-26)23-31(32(30,33)34)19-15-27(16-20-31)25-7-11-29(12-8-25)36-22-4-2/h5-12,26-27H,3-4,13-23H2,1-2H3. The molecule has 4 heteroatoms. The lowest BCUT2D eigenvalue weighted by Crippen LogP contribution is -2.66. The molecule has 0 atom stereocenters. The summed E-state index contributed by atoms with van der Waals surface area (Å²) >= 11 is 14.7. The van der Waals surface area contributed by atoms with Crippen LogP contribution in [-0.4, -0.2) is 17.5 Å². The topological polar surface area (TPSA) is 18.5 Å². The summed E-state index contributed by atoms with van der Waals surface area (Å²) in [7, 11) is 0. The molecule has 2 nitrogen and oxygen atoms in total. The Hall–Kier alpha value is -1.38. The first-order chi connectivity index (χ1) is 17.4. The number of hydrogen-bond acceptors (Lipinski definition) is 2. The molecule has 0 unspecified atom stereocenters. The predicted molar refractivity (Wildman–Crippen MR) is 151 cm³/mol. The Morgan fingerprint density at radius 3 is 1.31 bits per heavy atom. The van der Waals surface area contributed by atoms with E-state index in [1.165, 1.54) is 43.2 Å². The largest absolute Gasteiger partial charge is 0.494 e. The molecule has 0 aliphatic heterocycles. The second-order valence-corrected chi connectivity index (χ2v) is 13.0. The molecule has 2 aromatic rings. The molecule has 3 aliphatic rings. The van der Waals surface area contributed by atoms with Crippen molar-refractivity contribution < 1.29 is 9.47 Å². The molecule has 0 N–H and O–H groups in total. The molecule has 36 heavy (non-hydrogen) atoms. The summed E-state index contributed by atoms with van der Waals surface area (Å²) in [5.41, 5.74) is 3.07. The number of benzene rings is 2. The molecule has 0 radical (unpaired) electrons. The molecule has 5 rings (SSSR count). The van der Waals surface area contributed by atoms with Crippen molar-refractivity contribution in [3.05, 3.63) is 59.7 Å². The van der Waals surface area contributed by atoms with Gasteiger partial charge in [-0.15, -0.1) is 23.2 Å². The van der Waals surface area contributed by atoms with Crippen LogP contribution in [0.4, 0.5) is 0 Å². The van der Waals surface area contributed by atoms with E-state index in [9.17, 15) is 0 Å². The van der Waals surface area contributed by atoms with Crippen LogP contribution in [0.15, 0.2) is 48.5 Å². The van der Waals surface area contributed by atoms with E-state index in [0.717, 1.165) is 63.2 Å². The van der Waals surface area contributed by atoms with Crippen LogP contribution in [0.1, 0.15) is 107 Å². The number of rotatable bonds is 8. The third kappa shape index (κ3) is 4.78. The summed E-state index contributed by atoms with van der Waals surface area (Å²) in [6.07, 6.45) is 12.6. The maximum Gasteiger partial charge on any atom is 0.129 e. The molecule has 3 saturated carbocycles. The van der Waals surface area contributed by atoms with Crippen LogP contribution in [0.25, 0.3) is 0 Å². The van der Waals surface area contributed by atoms with Gasteiger partial charge in [-0.1, -0.05) is 38.1 Å². The minimum atomic E-state index is -0.592. The van der Waals surface area contributed by atoms with Crippen LogP contribution in [0.3, 0.4) is 0 Å². The van der Waals surface area contributed by atoms with Crippen molar-refractivity contribution in [2.24, 2.45) is 10.8 Å². The van der Waals surface area contributed by atoms with Crippen LogP contribution >= 0.6 is 23.2 Å². The zero-order chi connectivity index (χ0) is 25.2. The minimum Gasteiger partial charge on any atom is -0.494 e. The van der Waals surface area contributed by atoms with E-state index in [0.29, 0.717) is 11.8 Å². The van der Waals surface area contributed by atoms with Crippen molar-refractivity contribution >= 4 is 23.2 Å². The highest BCUT2D eigenvalue weighted by Gasteiger charge is 2.72. The lowest BCUT2D eigenvalue weighted by Gasteiger charge is -2.69. The van der Waals surface area contributed by atoms with Gasteiger partial charge in [-0.3, -0.25) is 0 Å². The number of ether oxygens (including phenoxy) is 2. The first kappa shape index (κ1) is 26.2. The summed E-state index contributed by atoms with van der Waals surface area (Å²) in [6.45, 7) is 5.83. The first-order valence-corrected chi connectivity index (χ1v) is 15.0. The monoisotopic (exact) mass is 528 g/mol. The second-order valence-electron chi connectivity index (χ2n) is 11.7. The van der Waals surface area contributed by atoms with Crippen molar-refractivity contribution in [2.45, 2.75) is 101 Å². The Morgan fingerprint density at radius 2 is 1.00 bits per heavy atom. The smallest absolute Gasteiger partial charge is 0.129 e. The fraction of sp³-hybridized carbons (Fsp3) is 0.625. The number of hydrogen-bond donors (Lipinski definition) is 0. The van der Waals surface area contributed by atoms with Gasteiger partial charge in [0.25, 0.3) is 0 Å². The molecule has 3 fully saturated rings. The molecular weight excluding hydrogens is 487 g/mol. The van der Waals surface area contributed by atoms with Gasteiger partial charge in [0.05, 0.1) is 13.2 Å². The molecule has 0 saturated heterocycles. The highest BCUT2D eigenvalue weighted by molar-refractivity contribution is 6.50. The van der Waals surface area contributed by atoms with Crippen LogP contribution < -0.4 is 9.47 Å². The maximum atomic E-state index is 7.33. The summed E-state index contributed by atoms with van der Waals surface area (Å²) in [4.78, 5) is 0. The van der Waals surface area contributed by atoms with E-state index in [1.807, 2.05) is 0 Å². The molecule has 0 amide bonds. The van der Waals surface area contributed by atoms with E-state index in [4.69, 9.17) is 32.7 Å². The van der Waals surface area contributed by atoms with Crippen LogP contribution in [0.5, 0.6) is 11.5 Å². The van der Waals surface area contributed by atoms with Gasteiger partial charge >= 0.3 is 0 Å². The van der Waals surface area contributed by atoms with Crippen molar-refractivity contribution in [3.63, 3.8) is 0 Å². The van der Waals surface area contributed by atoms with Gasteiger partial charge in [-0.2, -0.15) is 0 Å². The van der Waals surface area contributed by atoms with Crippen molar-refractivity contribution in [1.29, 1.82) is 0 Å². The van der Waals surface area contributed by atoms with Crippen molar-refractivity contribution in [2.75, 3.05) is 13.2 Å².